The van der Waals surface area contributed by atoms with Crippen LogP contribution in [0.4, 0.5) is 0 Å². The van der Waals surface area contributed by atoms with Gasteiger partial charge in [0.05, 0.1) is 0 Å². The molecule has 0 amide bonds. The summed E-state index contributed by atoms with van der Waals surface area (Å²) in [5.74, 6) is 0. The second-order valence-electron chi connectivity index (χ2n) is 0.820. The Bertz CT molecular complexity index is 42.2. The van der Waals surface area contributed by atoms with E-state index in [4.69, 9.17) is 5.14 Å². The van der Waals surface area contributed by atoms with Crippen LogP contribution in [0.2, 0.25) is 0 Å². The van der Waals surface area contributed by atoms with Crippen molar-refractivity contribution >= 4 is 11.9 Å². The minimum absolute atomic E-state index is 0.949. The Kier molecular flexibility index (Phi) is 2.32. The highest BCUT2D eigenvalue weighted by Crippen LogP contribution is 1.98. The summed E-state index contributed by atoms with van der Waals surface area (Å²) in [6.07, 6.45) is 0. The molecule has 0 bridgehead atoms. The summed E-state index contributed by atoms with van der Waals surface area (Å²) >= 11 is 1.19. The van der Waals surface area contributed by atoms with Crippen LogP contribution >= 0.6 is 11.9 Å². The molecule has 0 saturated carbocycles. The van der Waals surface area contributed by atoms with E-state index in [2.05, 4.69) is 6.58 Å². The Balaban J connectivity index is 2.85. The van der Waals surface area contributed by atoms with Gasteiger partial charge in [0.25, 0.3) is 0 Å². The largest absolute Gasteiger partial charge is 0.274 e. The van der Waals surface area contributed by atoms with Crippen molar-refractivity contribution in [3.05, 3.63) is 11.5 Å². The first-order valence-electron chi connectivity index (χ1n) is 1.29. The van der Waals surface area contributed by atoms with E-state index in [0.29, 0.717) is 0 Å². The molecule has 0 radical (unpaired) electrons. The average Bonchev–Trinajstić information content (AvgIpc) is 1.38. The van der Waals surface area contributed by atoms with Gasteiger partial charge >= 0.3 is 0 Å². The summed E-state index contributed by atoms with van der Waals surface area (Å²) in [7, 11) is 0. The third kappa shape index (κ3) is 4.05. The van der Waals surface area contributed by atoms with Crippen molar-refractivity contribution in [1.82, 2.24) is 0 Å². The van der Waals surface area contributed by atoms with Crippen molar-refractivity contribution in [1.29, 1.82) is 0 Å². The molecule has 0 aromatic rings. The van der Waals surface area contributed by atoms with E-state index >= 15 is 0 Å². The molecule has 0 heterocycles. The van der Waals surface area contributed by atoms with Crippen molar-refractivity contribution in [2.75, 3.05) is 0 Å². The van der Waals surface area contributed by atoms with Gasteiger partial charge in [0.1, 0.15) is 0 Å². The number of nitrogens with two attached hydrogens (primary N) is 1. The number of allylic oxidation sites excluding steroid dienone is 1. The first-order chi connectivity index (χ1) is 2.27. The SMILES string of the molecule is C=C(C)SN. The standard InChI is InChI=1S/C3H7NS/c1-3(2)5-4/h1,4H2,2H3. The van der Waals surface area contributed by atoms with Crippen LogP contribution in [-0.4, -0.2) is 0 Å². The van der Waals surface area contributed by atoms with Crippen LogP contribution in [0, 0.1) is 0 Å². The van der Waals surface area contributed by atoms with E-state index in [1.807, 2.05) is 6.92 Å². The Morgan fingerprint density at radius 2 is 2.20 bits per heavy atom. The van der Waals surface area contributed by atoms with Crippen molar-refractivity contribution in [3.63, 3.8) is 0 Å². The zero-order chi connectivity index (χ0) is 4.28. The van der Waals surface area contributed by atoms with Crippen molar-refractivity contribution in [2.45, 2.75) is 6.92 Å². The lowest BCUT2D eigenvalue weighted by atomic mass is 10.8. The van der Waals surface area contributed by atoms with Gasteiger partial charge in [0, 0.05) is 0 Å². The van der Waals surface area contributed by atoms with Crippen LogP contribution in [0.5, 0.6) is 0 Å². The molecule has 0 aliphatic rings. The minimum atomic E-state index is 0.949. The van der Waals surface area contributed by atoms with Gasteiger partial charge in [-0.2, -0.15) is 0 Å². The summed E-state index contributed by atoms with van der Waals surface area (Å²) in [6.45, 7) is 5.38. The maximum atomic E-state index is 4.99. The minimum Gasteiger partial charge on any atom is -0.274 e. The zero-order valence-corrected chi connectivity index (χ0v) is 4.01. The highest BCUT2D eigenvalue weighted by Gasteiger charge is 1.68. The molecule has 0 atom stereocenters. The molecule has 30 valence electrons. The smallest absolute Gasteiger partial charge is 0.0102 e. The molecule has 2 N–H and O–H groups in total. The van der Waals surface area contributed by atoms with Crippen LogP contribution in [0.25, 0.3) is 0 Å². The lowest BCUT2D eigenvalue weighted by Gasteiger charge is -1.79. The van der Waals surface area contributed by atoms with Crippen LogP contribution in [-0.2, 0) is 0 Å². The van der Waals surface area contributed by atoms with E-state index < -0.39 is 0 Å². The Morgan fingerprint density at radius 1 is 2.00 bits per heavy atom. The molecule has 5 heavy (non-hydrogen) atoms. The van der Waals surface area contributed by atoms with Crippen LogP contribution < -0.4 is 5.14 Å². The highest BCUT2D eigenvalue weighted by atomic mass is 32.2. The highest BCUT2D eigenvalue weighted by molar-refractivity contribution is 8.00. The van der Waals surface area contributed by atoms with E-state index in [0.717, 1.165) is 4.91 Å². The monoisotopic (exact) mass is 89.0 g/mol. The molecule has 0 saturated heterocycles. The maximum absolute atomic E-state index is 4.99. The molecular weight excluding hydrogens is 82.1 g/mol. The van der Waals surface area contributed by atoms with Crippen LogP contribution in [0.15, 0.2) is 11.5 Å². The molecule has 0 fully saturated rings. The van der Waals surface area contributed by atoms with E-state index in [1.54, 1.807) is 0 Å². The van der Waals surface area contributed by atoms with Crippen molar-refractivity contribution < 1.29 is 0 Å². The lowest BCUT2D eigenvalue weighted by Crippen LogP contribution is -1.72. The second-order valence-corrected chi connectivity index (χ2v) is 1.75. The molecule has 0 rings (SSSR count). The van der Waals surface area contributed by atoms with E-state index in [1.165, 1.54) is 11.9 Å². The topological polar surface area (TPSA) is 26.0 Å². The first kappa shape index (κ1) is 5.05. The Hall–Kier alpha value is 0.0500. The van der Waals surface area contributed by atoms with Gasteiger partial charge in [-0.3, -0.25) is 5.14 Å². The van der Waals surface area contributed by atoms with Gasteiger partial charge in [0.15, 0.2) is 0 Å². The van der Waals surface area contributed by atoms with Crippen molar-refractivity contribution in [3.8, 4) is 0 Å². The molecule has 0 aliphatic carbocycles. The fourth-order valence-corrected chi connectivity index (χ4v) is 0. The predicted octanol–water partition coefficient (Wildman–Crippen LogP) is 1.13. The predicted molar refractivity (Wildman–Crippen MR) is 26.6 cm³/mol. The molecule has 0 unspecified atom stereocenters. The first-order valence-corrected chi connectivity index (χ1v) is 2.17. The summed E-state index contributed by atoms with van der Waals surface area (Å²) in [5, 5.41) is 4.99. The maximum Gasteiger partial charge on any atom is -0.0102 e. The Morgan fingerprint density at radius 3 is 2.20 bits per heavy atom. The summed E-state index contributed by atoms with van der Waals surface area (Å²) in [6, 6.07) is 0. The molecule has 0 aliphatic heterocycles. The quantitative estimate of drug-likeness (QED) is 0.487. The normalized spacial score (nSPS) is 7.60. The summed E-state index contributed by atoms with van der Waals surface area (Å²) in [4.78, 5) is 0.949. The fraction of sp³-hybridized carbons (Fsp3) is 0.333. The number of hydrogen-bond donors (Lipinski definition) is 1. The van der Waals surface area contributed by atoms with Crippen molar-refractivity contribution in [2.24, 2.45) is 5.14 Å². The van der Waals surface area contributed by atoms with Gasteiger partial charge in [-0.25, -0.2) is 0 Å². The molecule has 1 nitrogen and oxygen atoms in total. The summed E-state index contributed by atoms with van der Waals surface area (Å²) in [5.41, 5.74) is 0. The molecule has 2 heteroatoms. The summed E-state index contributed by atoms with van der Waals surface area (Å²) < 4.78 is 0. The van der Waals surface area contributed by atoms with Gasteiger partial charge in [0.2, 0.25) is 0 Å². The molecule has 0 aromatic heterocycles. The van der Waals surface area contributed by atoms with Gasteiger partial charge in [-0.15, -0.1) is 0 Å². The number of hydrogen-bond acceptors (Lipinski definition) is 2. The van der Waals surface area contributed by atoms with Gasteiger partial charge < -0.3 is 0 Å². The van der Waals surface area contributed by atoms with Gasteiger partial charge in [-0.1, -0.05) is 18.5 Å². The van der Waals surface area contributed by atoms with E-state index in [9.17, 15) is 0 Å². The van der Waals surface area contributed by atoms with Gasteiger partial charge in [-0.05, 0) is 11.8 Å². The molecule has 0 spiro atoms. The van der Waals surface area contributed by atoms with E-state index in [-0.39, 0.29) is 0 Å². The van der Waals surface area contributed by atoms with Crippen LogP contribution in [0.3, 0.4) is 0 Å². The lowest BCUT2D eigenvalue weighted by molar-refractivity contribution is 1.72. The Labute approximate surface area is 36.4 Å². The second kappa shape index (κ2) is 2.30. The molecule has 0 aromatic carbocycles. The zero-order valence-electron chi connectivity index (χ0n) is 3.19. The third-order valence-electron chi connectivity index (χ3n) is 0.201. The van der Waals surface area contributed by atoms with Crippen LogP contribution in [0.1, 0.15) is 6.92 Å². The molecular formula is C3H7NS. The third-order valence-corrected chi connectivity index (χ3v) is 0.604. The average molecular weight is 89.2 g/mol. The number of rotatable bonds is 1. The fourth-order valence-electron chi connectivity index (χ4n) is 0.